The summed E-state index contributed by atoms with van der Waals surface area (Å²) >= 11 is 9.69. The van der Waals surface area contributed by atoms with Crippen LogP contribution in [0.2, 0.25) is 12.1 Å². The summed E-state index contributed by atoms with van der Waals surface area (Å²) in [7, 11) is -2.41. The van der Waals surface area contributed by atoms with Crippen molar-refractivity contribution in [3.05, 3.63) is 72.8 Å². The Morgan fingerprint density at radius 2 is 0.969 bits per heavy atom. The van der Waals surface area contributed by atoms with Crippen LogP contribution in [-0.2, 0) is 0 Å². The van der Waals surface area contributed by atoms with Crippen LogP contribution in [0.3, 0.4) is 0 Å². The van der Waals surface area contributed by atoms with Crippen LogP contribution in [0.5, 0.6) is 0 Å². The standard InChI is InChI=1S/C50H50N8S6Si/c1-5-9-15-27(7-3)25-65(26-28(8-4)16-10-6-2)39-23-37(41-31(51)21-29(43-45(41)57-63-55-43)49-53-33-17-11-13-19-35(33)61-49)59-47(39)48-40(65)24-38(60-48)42-32(52)22-30(44-46(42)58-64-56-44)50-54-34-18-12-14-20-36(34)62-50/h11-14,17-24,27-28H,5-10,15-16,25-26,51-52H2,1-4H3. The largest absolute Gasteiger partial charge is 0.398 e. The molecule has 65 heavy (non-hydrogen) atoms. The number of hydrogen-bond acceptors (Lipinski definition) is 14. The first-order chi connectivity index (χ1) is 31.8. The summed E-state index contributed by atoms with van der Waals surface area (Å²) in [6, 6.07) is 28.4. The minimum Gasteiger partial charge on any atom is -0.398 e. The fourth-order valence-electron chi connectivity index (χ4n) is 10.4. The molecule has 0 bridgehead atoms. The van der Waals surface area contributed by atoms with Gasteiger partial charge in [-0.15, -0.1) is 45.3 Å². The SMILES string of the molecule is CCCCC(CC)C[Si]1(CC(CC)CCCC)c2cc(-c3c(N)cc(-c4nc5ccccc5s4)c4nsnc34)sc2-c2sc(-c3c(N)cc(-c4nc5ccccc5s4)c4nsnc34)cc21. The minimum absolute atomic E-state index is 0.649. The summed E-state index contributed by atoms with van der Waals surface area (Å²) in [5.74, 6) is 1.30. The molecule has 8 nitrogen and oxygen atoms in total. The molecule has 2 atom stereocenters. The quantitative estimate of drug-likeness (QED) is 0.0723. The van der Waals surface area contributed by atoms with E-state index in [0.29, 0.717) is 11.8 Å². The lowest BCUT2D eigenvalue weighted by atomic mass is 10.0. The van der Waals surface area contributed by atoms with Crippen LogP contribution in [-0.4, -0.2) is 35.5 Å². The second-order valence-electron chi connectivity index (χ2n) is 17.7. The molecule has 0 fully saturated rings. The molecule has 15 heteroatoms. The number of thiophene rings is 2. The molecule has 0 saturated heterocycles. The number of para-hydroxylation sites is 2. The van der Waals surface area contributed by atoms with Gasteiger partial charge in [-0.3, -0.25) is 0 Å². The van der Waals surface area contributed by atoms with Gasteiger partial charge in [0.25, 0.3) is 0 Å². The first-order valence-corrected chi connectivity index (χ1v) is 30.1. The summed E-state index contributed by atoms with van der Waals surface area (Å²) in [5.41, 5.74) is 25.3. The van der Waals surface area contributed by atoms with Crippen LogP contribution in [0.15, 0.2) is 72.8 Å². The molecule has 2 unspecified atom stereocenters. The number of nitrogen functional groups attached to an aromatic ring is 2. The molecule has 0 saturated carbocycles. The predicted molar refractivity (Wildman–Crippen MR) is 288 cm³/mol. The van der Waals surface area contributed by atoms with Gasteiger partial charge in [-0.05, 0) is 82.8 Å². The molecule has 1 aliphatic rings. The number of anilines is 2. The van der Waals surface area contributed by atoms with Crippen LogP contribution >= 0.6 is 68.8 Å². The van der Waals surface area contributed by atoms with Crippen molar-refractivity contribution in [2.75, 3.05) is 11.5 Å². The van der Waals surface area contributed by atoms with E-state index in [2.05, 4.69) is 88.4 Å². The number of thiazole rings is 2. The normalized spacial score (nSPS) is 14.3. The van der Waals surface area contributed by atoms with E-state index in [0.717, 1.165) is 86.1 Å². The Balaban J connectivity index is 1.10. The number of aromatic nitrogens is 6. The maximum Gasteiger partial charge on any atom is 0.126 e. The number of benzene rings is 4. The monoisotopic (exact) mass is 982 g/mol. The third kappa shape index (κ3) is 7.36. The fourth-order valence-corrected chi connectivity index (χ4v) is 24.0. The van der Waals surface area contributed by atoms with E-state index in [1.165, 1.54) is 106 Å². The first-order valence-electron chi connectivity index (χ1n) is 22.9. The minimum atomic E-state index is -2.41. The van der Waals surface area contributed by atoms with E-state index in [-0.39, 0.29) is 0 Å². The average Bonchev–Trinajstić information content (AvgIpc) is 4.19. The zero-order valence-corrected chi connectivity index (χ0v) is 42.8. The Hall–Kier alpha value is -4.48. The molecular formula is C50H50N8S6Si. The van der Waals surface area contributed by atoms with E-state index >= 15 is 0 Å². The zero-order valence-electron chi connectivity index (χ0n) is 36.9. The zero-order chi connectivity index (χ0) is 44.4. The molecule has 11 rings (SSSR count). The smallest absolute Gasteiger partial charge is 0.126 e. The number of nitrogens with zero attached hydrogens (tertiary/aromatic N) is 6. The molecule has 4 aromatic carbocycles. The second kappa shape index (κ2) is 17.6. The highest BCUT2D eigenvalue weighted by Crippen LogP contribution is 2.52. The molecule has 10 aromatic rings. The van der Waals surface area contributed by atoms with Crippen molar-refractivity contribution in [3.8, 4) is 51.8 Å². The lowest BCUT2D eigenvalue weighted by Crippen LogP contribution is -2.56. The topological polar surface area (TPSA) is 129 Å². The first kappa shape index (κ1) is 43.1. The maximum absolute atomic E-state index is 7.23. The van der Waals surface area contributed by atoms with Gasteiger partial charge in [-0.25, -0.2) is 9.97 Å². The van der Waals surface area contributed by atoms with Crippen molar-refractivity contribution in [2.45, 2.75) is 91.1 Å². The van der Waals surface area contributed by atoms with Gasteiger partial charge in [-0.2, -0.15) is 17.5 Å². The Bertz CT molecular complexity index is 3080. The number of fused-ring (bicyclic) bond motifs is 7. The third-order valence-corrected chi connectivity index (χ3v) is 25.2. The Morgan fingerprint density at radius 3 is 1.38 bits per heavy atom. The highest BCUT2D eigenvalue weighted by atomic mass is 32.1. The van der Waals surface area contributed by atoms with Gasteiger partial charge < -0.3 is 11.5 Å². The Kier molecular flexibility index (Phi) is 11.7. The van der Waals surface area contributed by atoms with Crippen molar-refractivity contribution >= 4 is 141 Å². The van der Waals surface area contributed by atoms with E-state index in [9.17, 15) is 0 Å². The van der Waals surface area contributed by atoms with E-state index in [4.69, 9.17) is 38.9 Å². The van der Waals surface area contributed by atoms with Gasteiger partial charge in [0.2, 0.25) is 0 Å². The number of hydrogen-bond donors (Lipinski definition) is 2. The summed E-state index contributed by atoms with van der Waals surface area (Å²) in [6.07, 6.45) is 9.87. The number of nitrogens with two attached hydrogens (primary N) is 2. The van der Waals surface area contributed by atoms with Crippen LogP contribution in [0.4, 0.5) is 11.4 Å². The summed E-state index contributed by atoms with van der Waals surface area (Å²) in [4.78, 5) is 15.2. The van der Waals surface area contributed by atoms with Crippen LogP contribution in [0.1, 0.15) is 79.1 Å². The van der Waals surface area contributed by atoms with E-state index in [1.807, 2.05) is 34.8 Å². The second-order valence-corrected chi connectivity index (χ2v) is 27.0. The van der Waals surface area contributed by atoms with Crippen molar-refractivity contribution in [3.63, 3.8) is 0 Å². The van der Waals surface area contributed by atoms with Crippen molar-refractivity contribution in [2.24, 2.45) is 11.8 Å². The molecule has 6 aromatic heterocycles. The highest BCUT2D eigenvalue weighted by molar-refractivity contribution is 7.32. The van der Waals surface area contributed by atoms with Crippen molar-refractivity contribution < 1.29 is 0 Å². The molecule has 330 valence electrons. The predicted octanol–water partition coefficient (Wildman–Crippen LogP) is 14.8. The lowest BCUT2D eigenvalue weighted by Gasteiger charge is -2.35. The Labute approximate surface area is 404 Å². The summed E-state index contributed by atoms with van der Waals surface area (Å²) < 4.78 is 22.1. The Morgan fingerprint density at radius 1 is 0.538 bits per heavy atom. The number of unbranched alkanes of at least 4 members (excludes halogenated alkanes) is 2. The van der Waals surface area contributed by atoms with E-state index in [1.54, 1.807) is 33.0 Å². The van der Waals surface area contributed by atoms with Crippen LogP contribution in [0, 0.1) is 11.8 Å². The van der Waals surface area contributed by atoms with Crippen LogP contribution in [0.25, 0.3) is 94.3 Å². The molecule has 0 aliphatic carbocycles. The average molecular weight is 983 g/mol. The van der Waals surface area contributed by atoms with Gasteiger partial charge in [0.1, 0.15) is 40.2 Å². The molecular weight excluding hydrogens is 933 g/mol. The molecule has 0 radical (unpaired) electrons. The molecule has 7 heterocycles. The summed E-state index contributed by atoms with van der Waals surface area (Å²) in [5, 5.41) is 5.04. The highest BCUT2D eigenvalue weighted by Gasteiger charge is 2.50. The number of rotatable bonds is 16. The van der Waals surface area contributed by atoms with Gasteiger partial charge in [0.05, 0.1) is 43.9 Å². The van der Waals surface area contributed by atoms with Gasteiger partial charge in [0.15, 0.2) is 0 Å². The van der Waals surface area contributed by atoms with Crippen molar-refractivity contribution in [1.82, 2.24) is 27.5 Å². The maximum atomic E-state index is 7.23. The third-order valence-electron chi connectivity index (χ3n) is 13.7. The molecule has 1 aliphatic heterocycles. The molecule has 4 N–H and O–H groups in total. The molecule has 0 spiro atoms. The van der Waals surface area contributed by atoms with E-state index < -0.39 is 8.07 Å². The summed E-state index contributed by atoms with van der Waals surface area (Å²) in [6.45, 7) is 9.51. The lowest BCUT2D eigenvalue weighted by molar-refractivity contribution is 0.469. The van der Waals surface area contributed by atoms with Gasteiger partial charge in [0, 0.05) is 53.1 Å². The van der Waals surface area contributed by atoms with Gasteiger partial charge >= 0.3 is 0 Å². The van der Waals surface area contributed by atoms with Gasteiger partial charge in [-0.1, -0.05) is 103 Å². The van der Waals surface area contributed by atoms with Crippen LogP contribution < -0.4 is 21.8 Å². The fraction of sp³-hybridized carbons (Fsp3) is 0.320. The van der Waals surface area contributed by atoms with Crippen molar-refractivity contribution in [1.29, 1.82) is 0 Å². The molecule has 0 amide bonds.